The minimum Gasteiger partial charge on any atom is -0.494 e. The minimum absolute atomic E-state index is 0.529. The van der Waals surface area contributed by atoms with Crippen LogP contribution < -0.4 is 10.5 Å². The summed E-state index contributed by atoms with van der Waals surface area (Å²) in [6.45, 7) is 2.66. The van der Waals surface area contributed by atoms with Crippen LogP contribution in [0.4, 0.5) is 5.82 Å². The van der Waals surface area contributed by atoms with E-state index in [0.717, 1.165) is 17.9 Å². The highest BCUT2D eigenvalue weighted by Crippen LogP contribution is 2.15. The van der Waals surface area contributed by atoms with Crippen molar-refractivity contribution in [3.63, 3.8) is 0 Å². The predicted molar refractivity (Wildman–Crippen MR) is 63.4 cm³/mol. The monoisotopic (exact) mass is 217 g/mol. The molecule has 1 heterocycles. The number of nitrogens with one attached hydrogen (secondary N) is 1. The van der Waals surface area contributed by atoms with E-state index < -0.39 is 0 Å². The van der Waals surface area contributed by atoms with Crippen LogP contribution >= 0.6 is 0 Å². The molecule has 0 saturated heterocycles. The normalized spacial score (nSPS) is 10.3. The molecule has 0 saturated carbocycles. The van der Waals surface area contributed by atoms with Gasteiger partial charge in [0.05, 0.1) is 6.61 Å². The first kappa shape index (κ1) is 10.5. The number of anilines is 1. The van der Waals surface area contributed by atoms with E-state index in [2.05, 4.69) is 10.2 Å². The molecule has 1 aromatic carbocycles. The van der Waals surface area contributed by atoms with Gasteiger partial charge in [-0.2, -0.15) is 5.10 Å². The molecule has 0 aliphatic heterocycles. The molecule has 4 heteroatoms. The second-order valence-corrected chi connectivity index (χ2v) is 3.57. The third-order valence-corrected chi connectivity index (χ3v) is 2.28. The van der Waals surface area contributed by atoms with Crippen molar-refractivity contribution in [2.45, 2.75) is 13.3 Å². The number of nitrogen functional groups attached to an aromatic ring is 1. The fourth-order valence-corrected chi connectivity index (χ4v) is 1.56. The summed E-state index contributed by atoms with van der Waals surface area (Å²) in [6.07, 6.45) is 0.802. The molecule has 16 heavy (non-hydrogen) atoms. The lowest BCUT2D eigenvalue weighted by Gasteiger charge is -2.03. The van der Waals surface area contributed by atoms with Crippen LogP contribution in [0.2, 0.25) is 0 Å². The molecule has 0 aliphatic carbocycles. The Kier molecular flexibility index (Phi) is 3.10. The van der Waals surface area contributed by atoms with E-state index in [1.807, 2.05) is 37.3 Å². The van der Waals surface area contributed by atoms with Crippen LogP contribution in [-0.2, 0) is 6.42 Å². The highest BCUT2D eigenvalue weighted by molar-refractivity contribution is 5.33. The van der Waals surface area contributed by atoms with Crippen molar-refractivity contribution in [2.24, 2.45) is 0 Å². The summed E-state index contributed by atoms with van der Waals surface area (Å²) in [4.78, 5) is 0. The first-order chi connectivity index (χ1) is 7.78. The van der Waals surface area contributed by atoms with E-state index >= 15 is 0 Å². The van der Waals surface area contributed by atoms with Gasteiger partial charge in [-0.1, -0.05) is 12.1 Å². The summed E-state index contributed by atoms with van der Waals surface area (Å²) in [5, 5.41) is 6.78. The minimum atomic E-state index is 0.529. The Bertz CT molecular complexity index is 448. The number of ether oxygens (including phenoxy) is 1. The number of nitrogens with two attached hydrogens (primary N) is 1. The predicted octanol–water partition coefficient (Wildman–Crippen LogP) is 1.98. The van der Waals surface area contributed by atoms with E-state index in [-0.39, 0.29) is 0 Å². The van der Waals surface area contributed by atoms with Gasteiger partial charge in [0.25, 0.3) is 0 Å². The van der Waals surface area contributed by atoms with Gasteiger partial charge in [0.15, 0.2) is 0 Å². The Morgan fingerprint density at radius 3 is 2.62 bits per heavy atom. The Morgan fingerprint density at radius 1 is 1.31 bits per heavy atom. The van der Waals surface area contributed by atoms with Gasteiger partial charge in [-0.15, -0.1) is 0 Å². The zero-order valence-corrected chi connectivity index (χ0v) is 9.23. The van der Waals surface area contributed by atoms with Gasteiger partial charge >= 0.3 is 0 Å². The number of rotatable bonds is 4. The van der Waals surface area contributed by atoms with Crippen LogP contribution in [0.25, 0.3) is 0 Å². The molecule has 2 aromatic rings. The Balaban J connectivity index is 2.05. The number of benzene rings is 1. The molecule has 84 valence electrons. The topological polar surface area (TPSA) is 63.9 Å². The molecule has 0 atom stereocenters. The lowest BCUT2D eigenvalue weighted by atomic mass is 10.1. The lowest BCUT2D eigenvalue weighted by molar-refractivity contribution is 0.340. The molecule has 0 bridgehead atoms. The van der Waals surface area contributed by atoms with Gasteiger partial charge in [0.2, 0.25) is 0 Å². The second-order valence-electron chi connectivity index (χ2n) is 3.57. The maximum atomic E-state index is 5.53. The van der Waals surface area contributed by atoms with E-state index in [1.54, 1.807) is 0 Å². The highest BCUT2D eigenvalue weighted by atomic mass is 16.5. The Hall–Kier alpha value is -1.97. The maximum absolute atomic E-state index is 5.53. The van der Waals surface area contributed by atoms with Gasteiger partial charge in [-0.05, 0) is 24.6 Å². The molecule has 3 N–H and O–H groups in total. The average Bonchev–Trinajstić information content (AvgIpc) is 2.67. The summed E-state index contributed by atoms with van der Waals surface area (Å²) in [5.41, 5.74) is 7.75. The summed E-state index contributed by atoms with van der Waals surface area (Å²) in [6, 6.07) is 9.87. The third kappa shape index (κ3) is 2.53. The van der Waals surface area contributed by atoms with Crippen LogP contribution in [0.1, 0.15) is 18.2 Å². The Morgan fingerprint density at radius 2 is 2.06 bits per heavy atom. The van der Waals surface area contributed by atoms with Crippen molar-refractivity contribution >= 4 is 5.82 Å². The van der Waals surface area contributed by atoms with E-state index in [9.17, 15) is 0 Å². The first-order valence-electron chi connectivity index (χ1n) is 5.29. The van der Waals surface area contributed by atoms with Gasteiger partial charge in [-0.25, -0.2) is 0 Å². The van der Waals surface area contributed by atoms with Gasteiger partial charge in [0, 0.05) is 18.2 Å². The smallest absolute Gasteiger partial charge is 0.145 e. The quantitative estimate of drug-likeness (QED) is 0.823. The largest absolute Gasteiger partial charge is 0.494 e. The average molecular weight is 217 g/mol. The zero-order valence-electron chi connectivity index (χ0n) is 9.23. The van der Waals surface area contributed by atoms with Gasteiger partial charge in [-0.3, -0.25) is 5.10 Å². The number of nitrogens with zero attached hydrogens (tertiary/aromatic N) is 1. The molecule has 0 unspecified atom stereocenters. The number of aromatic amines is 1. The fourth-order valence-electron chi connectivity index (χ4n) is 1.56. The standard InChI is InChI=1S/C12H15N3O/c1-2-16-11-5-3-9(4-6-11)7-10-8-12(13)15-14-10/h3-6,8H,2,7H2,1H3,(H3,13,14,15). The van der Waals surface area contributed by atoms with Crippen molar-refractivity contribution < 1.29 is 4.74 Å². The van der Waals surface area contributed by atoms with E-state index in [0.29, 0.717) is 12.4 Å². The highest BCUT2D eigenvalue weighted by Gasteiger charge is 2.00. The van der Waals surface area contributed by atoms with Crippen LogP contribution in [0.15, 0.2) is 30.3 Å². The molecule has 0 aliphatic rings. The zero-order chi connectivity index (χ0) is 11.4. The molecule has 4 nitrogen and oxygen atoms in total. The van der Waals surface area contributed by atoms with E-state index in [1.165, 1.54) is 5.56 Å². The number of H-pyrrole nitrogens is 1. The Labute approximate surface area is 94.4 Å². The molecule has 1 aromatic heterocycles. The summed E-state index contributed by atoms with van der Waals surface area (Å²) in [5.74, 6) is 1.43. The third-order valence-electron chi connectivity index (χ3n) is 2.28. The van der Waals surface area contributed by atoms with Gasteiger partial charge in [0.1, 0.15) is 11.6 Å². The summed E-state index contributed by atoms with van der Waals surface area (Å²) in [7, 11) is 0. The SMILES string of the molecule is CCOc1ccc(Cc2cc(N)n[nH]2)cc1. The second kappa shape index (κ2) is 4.70. The van der Waals surface area contributed by atoms with Crippen LogP contribution in [0, 0.1) is 0 Å². The molecule has 0 spiro atoms. The van der Waals surface area contributed by atoms with Gasteiger partial charge < -0.3 is 10.5 Å². The molecule has 0 fully saturated rings. The molecule has 0 amide bonds. The molecular weight excluding hydrogens is 202 g/mol. The fraction of sp³-hybridized carbons (Fsp3) is 0.250. The van der Waals surface area contributed by atoms with E-state index in [4.69, 9.17) is 10.5 Å². The maximum Gasteiger partial charge on any atom is 0.145 e. The number of hydrogen-bond acceptors (Lipinski definition) is 3. The molecular formula is C12H15N3O. The molecule has 0 radical (unpaired) electrons. The lowest BCUT2D eigenvalue weighted by Crippen LogP contribution is -1.92. The van der Waals surface area contributed by atoms with Crippen LogP contribution in [-0.4, -0.2) is 16.8 Å². The number of aromatic nitrogens is 2. The van der Waals surface area contributed by atoms with Crippen molar-refractivity contribution in [3.05, 3.63) is 41.6 Å². The van der Waals surface area contributed by atoms with Crippen molar-refractivity contribution in [1.29, 1.82) is 0 Å². The summed E-state index contributed by atoms with van der Waals surface area (Å²) >= 11 is 0. The van der Waals surface area contributed by atoms with Crippen molar-refractivity contribution in [3.8, 4) is 5.75 Å². The van der Waals surface area contributed by atoms with Crippen molar-refractivity contribution in [1.82, 2.24) is 10.2 Å². The molecule has 2 rings (SSSR count). The van der Waals surface area contributed by atoms with Crippen molar-refractivity contribution in [2.75, 3.05) is 12.3 Å². The van der Waals surface area contributed by atoms with Crippen LogP contribution in [0.3, 0.4) is 0 Å². The summed E-state index contributed by atoms with van der Waals surface area (Å²) < 4.78 is 5.38. The van der Waals surface area contributed by atoms with Crippen LogP contribution in [0.5, 0.6) is 5.75 Å². The first-order valence-corrected chi connectivity index (χ1v) is 5.29. The number of hydrogen-bond donors (Lipinski definition) is 2.